The molecule has 3 aromatic rings. The van der Waals surface area contributed by atoms with Crippen molar-refractivity contribution < 1.29 is 23.9 Å². The Morgan fingerprint density at radius 1 is 0.809 bits per heavy atom. The Labute approximate surface area is 291 Å². The van der Waals surface area contributed by atoms with Crippen LogP contribution in [0.15, 0.2) is 78.9 Å². The Morgan fingerprint density at radius 2 is 1.38 bits per heavy atom. The number of benzene rings is 3. The SMILES string of the molecule is CC(C)C[C@H](NC(=O)[C@H](Cc1ccccc1)NCC(C)(C)NC(=O)OCC1c2ccccc2-c2ccccc21)C(=O)OCC(Cl)(Cl)Cl. The number of alkyl halides is 3. The smallest absolute Gasteiger partial charge is 0.407 e. The monoisotopic (exact) mass is 701 g/mol. The van der Waals surface area contributed by atoms with Crippen molar-refractivity contribution in [1.82, 2.24) is 16.0 Å². The quantitative estimate of drug-likeness (QED) is 0.124. The van der Waals surface area contributed by atoms with Gasteiger partial charge in [-0.3, -0.25) is 4.79 Å². The largest absolute Gasteiger partial charge is 0.460 e. The minimum absolute atomic E-state index is 0.0615. The zero-order chi connectivity index (χ0) is 34.2. The van der Waals surface area contributed by atoms with E-state index in [4.69, 9.17) is 44.3 Å². The van der Waals surface area contributed by atoms with Gasteiger partial charge in [0.1, 0.15) is 19.3 Å². The highest BCUT2D eigenvalue weighted by Gasteiger charge is 2.33. The van der Waals surface area contributed by atoms with E-state index in [1.807, 2.05) is 82.3 Å². The van der Waals surface area contributed by atoms with Crippen LogP contribution in [0.25, 0.3) is 11.1 Å². The van der Waals surface area contributed by atoms with E-state index in [2.05, 4.69) is 40.2 Å². The van der Waals surface area contributed by atoms with Crippen LogP contribution in [-0.2, 0) is 25.5 Å². The molecule has 0 fully saturated rings. The van der Waals surface area contributed by atoms with Gasteiger partial charge in [0.05, 0.1) is 11.6 Å². The van der Waals surface area contributed by atoms with Gasteiger partial charge in [0.25, 0.3) is 0 Å². The van der Waals surface area contributed by atoms with E-state index >= 15 is 0 Å². The summed E-state index contributed by atoms with van der Waals surface area (Å²) >= 11 is 17.3. The Morgan fingerprint density at radius 3 is 1.96 bits per heavy atom. The zero-order valence-electron chi connectivity index (χ0n) is 27.0. The third-order valence-corrected chi connectivity index (χ3v) is 8.19. The highest BCUT2D eigenvalue weighted by Crippen LogP contribution is 2.44. The molecule has 0 spiro atoms. The zero-order valence-corrected chi connectivity index (χ0v) is 29.3. The molecule has 0 radical (unpaired) electrons. The highest BCUT2D eigenvalue weighted by molar-refractivity contribution is 6.67. The fourth-order valence-electron chi connectivity index (χ4n) is 5.65. The van der Waals surface area contributed by atoms with E-state index in [0.717, 1.165) is 27.8 Å². The maximum Gasteiger partial charge on any atom is 0.407 e. The van der Waals surface area contributed by atoms with Crippen LogP contribution in [0, 0.1) is 5.92 Å². The van der Waals surface area contributed by atoms with E-state index in [1.165, 1.54) is 0 Å². The molecule has 0 aromatic heterocycles. The van der Waals surface area contributed by atoms with Gasteiger partial charge in [-0.15, -0.1) is 0 Å². The average Bonchev–Trinajstić information content (AvgIpc) is 3.33. The van der Waals surface area contributed by atoms with Gasteiger partial charge in [-0.25, -0.2) is 9.59 Å². The van der Waals surface area contributed by atoms with Crippen LogP contribution in [0.5, 0.6) is 0 Å². The maximum atomic E-state index is 13.7. The van der Waals surface area contributed by atoms with E-state index in [0.29, 0.717) is 12.8 Å². The number of carbonyl (C=O) groups excluding carboxylic acids is 3. The molecule has 1 aliphatic rings. The minimum atomic E-state index is -1.77. The molecular formula is C36H42Cl3N3O5. The molecule has 0 heterocycles. The molecule has 0 unspecified atom stereocenters. The molecule has 252 valence electrons. The van der Waals surface area contributed by atoms with Gasteiger partial charge in [-0.2, -0.15) is 0 Å². The molecule has 3 aromatic carbocycles. The van der Waals surface area contributed by atoms with Crippen molar-refractivity contribution in [2.24, 2.45) is 5.92 Å². The molecule has 2 amide bonds. The molecule has 11 heteroatoms. The van der Waals surface area contributed by atoms with Gasteiger partial charge in [0.15, 0.2) is 0 Å². The predicted octanol–water partition coefficient (Wildman–Crippen LogP) is 6.95. The Hall–Kier alpha value is -3.30. The number of hydrogen-bond donors (Lipinski definition) is 3. The molecule has 4 rings (SSSR count). The molecule has 3 N–H and O–H groups in total. The van der Waals surface area contributed by atoms with Crippen LogP contribution in [0.4, 0.5) is 4.79 Å². The van der Waals surface area contributed by atoms with Crippen molar-refractivity contribution in [3.63, 3.8) is 0 Å². The molecule has 1 aliphatic carbocycles. The van der Waals surface area contributed by atoms with Crippen LogP contribution >= 0.6 is 34.8 Å². The van der Waals surface area contributed by atoms with Crippen molar-refractivity contribution in [3.05, 3.63) is 95.6 Å². The van der Waals surface area contributed by atoms with E-state index < -0.39 is 46.0 Å². The number of hydrogen-bond acceptors (Lipinski definition) is 6. The molecule has 47 heavy (non-hydrogen) atoms. The number of rotatable bonds is 14. The summed E-state index contributed by atoms with van der Waals surface area (Å²) in [6.07, 6.45) is 0.110. The lowest BCUT2D eigenvalue weighted by Gasteiger charge is -2.30. The lowest BCUT2D eigenvalue weighted by atomic mass is 9.98. The van der Waals surface area contributed by atoms with Gasteiger partial charge in [-0.1, -0.05) is 128 Å². The average molecular weight is 703 g/mol. The Bertz CT molecular complexity index is 1480. The van der Waals surface area contributed by atoms with Crippen LogP contribution in [-0.4, -0.2) is 59.1 Å². The summed E-state index contributed by atoms with van der Waals surface area (Å²) in [5.41, 5.74) is 4.69. The van der Waals surface area contributed by atoms with Crippen molar-refractivity contribution in [3.8, 4) is 11.1 Å². The van der Waals surface area contributed by atoms with Crippen LogP contribution in [0.1, 0.15) is 56.7 Å². The number of esters is 1. The second kappa shape index (κ2) is 16.2. The van der Waals surface area contributed by atoms with Gasteiger partial charge >= 0.3 is 12.1 Å². The molecular weight excluding hydrogens is 661 g/mol. The third kappa shape index (κ3) is 10.9. The number of amides is 2. The first kappa shape index (κ1) is 36.5. The lowest BCUT2D eigenvalue weighted by Crippen LogP contribution is -2.57. The number of carbonyl (C=O) groups is 3. The van der Waals surface area contributed by atoms with Crippen molar-refractivity contribution >= 4 is 52.8 Å². The Balaban J connectivity index is 1.39. The predicted molar refractivity (Wildman–Crippen MR) is 187 cm³/mol. The van der Waals surface area contributed by atoms with Gasteiger partial charge in [0, 0.05) is 12.5 Å². The lowest BCUT2D eigenvalue weighted by molar-refractivity contribution is -0.148. The fraction of sp³-hybridized carbons (Fsp3) is 0.417. The molecule has 0 aliphatic heterocycles. The number of fused-ring (bicyclic) bond motifs is 3. The van der Waals surface area contributed by atoms with Crippen LogP contribution < -0.4 is 16.0 Å². The number of ether oxygens (including phenoxy) is 2. The van der Waals surface area contributed by atoms with Crippen LogP contribution in [0.2, 0.25) is 0 Å². The second-order valence-corrected chi connectivity index (χ2v) is 15.4. The summed E-state index contributed by atoms with van der Waals surface area (Å²) < 4.78 is 9.17. The first-order valence-electron chi connectivity index (χ1n) is 15.7. The summed E-state index contributed by atoms with van der Waals surface area (Å²) in [5.74, 6) is -1.08. The molecule has 2 atom stereocenters. The first-order valence-corrected chi connectivity index (χ1v) is 16.8. The Kier molecular flexibility index (Phi) is 12.6. The standard InChI is InChI=1S/C36H42Cl3N3O5/c1-23(2)18-31(33(44)47-22-36(37,38)39)41-32(43)30(19-24-12-6-5-7-13-24)40-21-35(3,4)42-34(45)46-20-29-27-16-10-8-14-25(27)26-15-9-11-17-28(26)29/h5-17,23,29-31,40H,18-22H2,1-4H3,(H,41,43)(H,42,45)/t30-,31-/m0/s1. The van der Waals surface area contributed by atoms with E-state index in [-0.39, 0.29) is 25.0 Å². The maximum absolute atomic E-state index is 13.7. The van der Waals surface area contributed by atoms with Crippen molar-refractivity contribution in [1.29, 1.82) is 0 Å². The van der Waals surface area contributed by atoms with Gasteiger partial charge in [0.2, 0.25) is 9.70 Å². The highest BCUT2D eigenvalue weighted by atomic mass is 35.6. The normalized spacial score (nSPS) is 14.1. The summed E-state index contributed by atoms with van der Waals surface area (Å²) in [5, 5.41) is 9.06. The summed E-state index contributed by atoms with van der Waals surface area (Å²) in [6.45, 7) is 7.52. The first-order chi connectivity index (χ1) is 22.2. The van der Waals surface area contributed by atoms with Gasteiger partial charge in [-0.05, 0) is 60.4 Å². The topological polar surface area (TPSA) is 106 Å². The van der Waals surface area contributed by atoms with E-state index in [9.17, 15) is 14.4 Å². The molecule has 8 nitrogen and oxygen atoms in total. The minimum Gasteiger partial charge on any atom is -0.460 e. The van der Waals surface area contributed by atoms with Crippen LogP contribution in [0.3, 0.4) is 0 Å². The molecule has 0 saturated heterocycles. The summed E-state index contributed by atoms with van der Waals surface area (Å²) in [7, 11) is 0. The summed E-state index contributed by atoms with van der Waals surface area (Å²) in [6, 6.07) is 24.1. The fourth-order valence-corrected chi connectivity index (χ4v) is 5.82. The number of nitrogens with one attached hydrogen (secondary N) is 3. The number of alkyl carbamates (subject to hydrolysis) is 1. The summed E-state index contributed by atoms with van der Waals surface area (Å²) in [4.78, 5) is 39.6. The molecule has 0 bridgehead atoms. The second-order valence-electron chi connectivity index (χ2n) is 12.9. The van der Waals surface area contributed by atoms with Crippen molar-refractivity contribution in [2.75, 3.05) is 19.8 Å². The van der Waals surface area contributed by atoms with Gasteiger partial charge < -0.3 is 25.4 Å². The van der Waals surface area contributed by atoms with Crippen molar-refractivity contribution in [2.45, 2.75) is 67.9 Å². The third-order valence-electron chi connectivity index (χ3n) is 7.86. The number of halogens is 3. The van der Waals surface area contributed by atoms with E-state index in [1.54, 1.807) is 0 Å². The molecule has 0 saturated carbocycles.